The number of hydrogen-bond donors (Lipinski definition) is 1. The molecule has 1 unspecified atom stereocenters. The zero-order valence-corrected chi connectivity index (χ0v) is 9.09. The summed E-state index contributed by atoms with van der Waals surface area (Å²) in [5.74, 6) is 0.433. The van der Waals surface area contributed by atoms with E-state index >= 15 is 0 Å². The van der Waals surface area contributed by atoms with E-state index in [0.717, 1.165) is 18.1 Å². The van der Waals surface area contributed by atoms with Gasteiger partial charge in [0.15, 0.2) is 0 Å². The van der Waals surface area contributed by atoms with Crippen LogP contribution in [0.5, 0.6) is 0 Å². The first kappa shape index (κ1) is 9.97. The Bertz CT molecular complexity index is 338. The Morgan fingerprint density at radius 1 is 1.57 bits per heavy atom. The van der Waals surface area contributed by atoms with Gasteiger partial charge < -0.3 is 10.6 Å². The molecule has 0 radical (unpaired) electrons. The molecular formula is C11H15ClN2. The molecule has 1 aromatic rings. The molecule has 0 aromatic heterocycles. The molecule has 1 aromatic carbocycles. The van der Waals surface area contributed by atoms with Crippen LogP contribution in [0.25, 0.3) is 0 Å². The van der Waals surface area contributed by atoms with Gasteiger partial charge in [-0.25, -0.2) is 0 Å². The van der Waals surface area contributed by atoms with Crippen molar-refractivity contribution >= 4 is 11.6 Å². The standard InChI is InChI=1S/C11H15ClN2/c1-14-6-8(5-13)9-3-2-4-11(12)10(9)7-14/h2-4,8H,5-7,13H2,1H3. The molecule has 0 saturated heterocycles. The maximum absolute atomic E-state index is 6.16. The van der Waals surface area contributed by atoms with E-state index in [9.17, 15) is 0 Å². The van der Waals surface area contributed by atoms with Crippen molar-refractivity contribution in [3.05, 3.63) is 34.3 Å². The van der Waals surface area contributed by atoms with Crippen LogP contribution in [0, 0.1) is 0 Å². The van der Waals surface area contributed by atoms with Crippen LogP contribution in [0.15, 0.2) is 18.2 Å². The first-order valence-corrected chi connectivity index (χ1v) is 5.26. The topological polar surface area (TPSA) is 29.3 Å². The Morgan fingerprint density at radius 3 is 3.07 bits per heavy atom. The van der Waals surface area contributed by atoms with Gasteiger partial charge in [0.1, 0.15) is 0 Å². The first-order chi connectivity index (χ1) is 6.72. The Labute approximate surface area is 89.7 Å². The summed E-state index contributed by atoms with van der Waals surface area (Å²) in [5, 5.41) is 0.868. The van der Waals surface area contributed by atoms with E-state index in [4.69, 9.17) is 17.3 Å². The monoisotopic (exact) mass is 210 g/mol. The number of halogens is 1. The van der Waals surface area contributed by atoms with E-state index in [1.807, 2.05) is 12.1 Å². The van der Waals surface area contributed by atoms with Crippen molar-refractivity contribution in [2.45, 2.75) is 12.5 Å². The van der Waals surface area contributed by atoms with E-state index in [1.54, 1.807) is 0 Å². The van der Waals surface area contributed by atoms with Crippen LogP contribution in [0.2, 0.25) is 5.02 Å². The molecule has 1 aliphatic heterocycles. The van der Waals surface area contributed by atoms with Crippen molar-refractivity contribution in [1.29, 1.82) is 0 Å². The Morgan fingerprint density at radius 2 is 2.36 bits per heavy atom. The molecule has 1 heterocycles. The lowest BCUT2D eigenvalue weighted by atomic mass is 9.90. The maximum atomic E-state index is 6.16. The molecule has 0 aliphatic carbocycles. The van der Waals surface area contributed by atoms with Crippen LogP contribution < -0.4 is 5.73 Å². The summed E-state index contributed by atoms with van der Waals surface area (Å²) in [6, 6.07) is 6.11. The highest BCUT2D eigenvalue weighted by atomic mass is 35.5. The molecule has 2 rings (SSSR count). The summed E-state index contributed by atoms with van der Waals surface area (Å²) < 4.78 is 0. The van der Waals surface area contributed by atoms with Crippen molar-refractivity contribution in [2.24, 2.45) is 5.73 Å². The molecule has 1 aliphatic rings. The fraction of sp³-hybridized carbons (Fsp3) is 0.455. The molecule has 0 saturated carbocycles. The first-order valence-electron chi connectivity index (χ1n) is 4.88. The van der Waals surface area contributed by atoms with Crippen LogP contribution in [0.1, 0.15) is 17.0 Å². The van der Waals surface area contributed by atoms with Gasteiger partial charge in [-0.15, -0.1) is 0 Å². The minimum atomic E-state index is 0.433. The molecule has 2 N–H and O–H groups in total. The molecule has 0 spiro atoms. The van der Waals surface area contributed by atoms with Crippen LogP contribution in [0.3, 0.4) is 0 Å². The van der Waals surface area contributed by atoms with E-state index in [2.05, 4.69) is 18.0 Å². The summed E-state index contributed by atoms with van der Waals surface area (Å²) in [6.07, 6.45) is 0. The number of nitrogens with zero attached hydrogens (tertiary/aromatic N) is 1. The van der Waals surface area contributed by atoms with Crippen LogP contribution in [0.4, 0.5) is 0 Å². The van der Waals surface area contributed by atoms with E-state index in [-0.39, 0.29) is 0 Å². The fourth-order valence-electron chi connectivity index (χ4n) is 2.14. The van der Waals surface area contributed by atoms with Gasteiger partial charge in [0, 0.05) is 30.6 Å². The Kier molecular flexibility index (Phi) is 2.77. The highest BCUT2D eigenvalue weighted by Crippen LogP contribution is 2.31. The van der Waals surface area contributed by atoms with Crippen LogP contribution >= 0.6 is 11.6 Å². The molecule has 2 nitrogen and oxygen atoms in total. The second kappa shape index (κ2) is 3.89. The average Bonchev–Trinajstić information content (AvgIpc) is 2.18. The Hall–Kier alpha value is -0.570. The van der Waals surface area contributed by atoms with Gasteiger partial charge in [0.2, 0.25) is 0 Å². The second-order valence-corrected chi connectivity index (χ2v) is 4.34. The van der Waals surface area contributed by atoms with Crippen molar-refractivity contribution in [3.8, 4) is 0 Å². The van der Waals surface area contributed by atoms with Gasteiger partial charge in [0.25, 0.3) is 0 Å². The van der Waals surface area contributed by atoms with E-state index in [1.165, 1.54) is 11.1 Å². The lowest BCUT2D eigenvalue weighted by Crippen LogP contribution is -2.34. The second-order valence-electron chi connectivity index (χ2n) is 3.94. The molecule has 1 atom stereocenters. The number of likely N-dealkylation sites (N-methyl/N-ethyl adjacent to an activating group) is 1. The highest BCUT2D eigenvalue weighted by Gasteiger charge is 2.23. The van der Waals surface area contributed by atoms with Crippen molar-refractivity contribution in [3.63, 3.8) is 0 Å². The zero-order chi connectivity index (χ0) is 10.1. The summed E-state index contributed by atoms with van der Waals surface area (Å²) in [7, 11) is 2.11. The smallest absolute Gasteiger partial charge is 0.0453 e. The number of nitrogens with two attached hydrogens (primary N) is 1. The fourth-order valence-corrected chi connectivity index (χ4v) is 2.38. The third kappa shape index (κ3) is 1.65. The number of fused-ring (bicyclic) bond motifs is 1. The van der Waals surface area contributed by atoms with Gasteiger partial charge in [-0.2, -0.15) is 0 Å². The van der Waals surface area contributed by atoms with Crippen LogP contribution in [-0.4, -0.2) is 25.0 Å². The lowest BCUT2D eigenvalue weighted by molar-refractivity contribution is 0.283. The van der Waals surface area contributed by atoms with Gasteiger partial charge in [-0.3, -0.25) is 0 Å². The number of benzene rings is 1. The molecule has 14 heavy (non-hydrogen) atoms. The minimum absolute atomic E-state index is 0.433. The quantitative estimate of drug-likeness (QED) is 0.767. The highest BCUT2D eigenvalue weighted by molar-refractivity contribution is 6.31. The van der Waals surface area contributed by atoms with Gasteiger partial charge in [-0.1, -0.05) is 23.7 Å². The summed E-state index contributed by atoms with van der Waals surface area (Å²) in [6.45, 7) is 2.66. The summed E-state index contributed by atoms with van der Waals surface area (Å²) >= 11 is 6.16. The SMILES string of the molecule is CN1Cc2c(Cl)cccc2C(CN)C1. The maximum Gasteiger partial charge on any atom is 0.0453 e. The lowest BCUT2D eigenvalue weighted by Gasteiger charge is -2.32. The van der Waals surface area contributed by atoms with Crippen molar-refractivity contribution < 1.29 is 0 Å². The summed E-state index contributed by atoms with van der Waals surface area (Å²) in [5.41, 5.74) is 8.34. The number of rotatable bonds is 1. The van der Waals surface area contributed by atoms with Crippen molar-refractivity contribution in [1.82, 2.24) is 4.90 Å². The van der Waals surface area contributed by atoms with Gasteiger partial charge in [0.05, 0.1) is 0 Å². The summed E-state index contributed by atoms with van der Waals surface area (Å²) in [4.78, 5) is 2.27. The average molecular weight is 211 g/mol. The third-order valence-corrected chi connectivity index (χ3v) is 3.19. The largest absolute Gasteiger partial charge is 0.330 e. The molecule has 0 bridgehead atoms. The predicted molar refractivity (Wildman–Crippen MR) is 59.6 cm³/mol. The van der Waals surface area contributed by atoms with Gasteiger partial charge in [-0.05, 0) is 24.2 Å². The molecule has 3 heteroatoms. The minimum Gasteiger partial charge on any atom is -0.330 e. The van der Waals surface area contributed by atoms with Crippen molar-refractivity contribution in [2.75, 3.05) is 20.1 Å². The van der Waals surface area contributed by atoms with Gasteiger partial charge >= 0.3 is 0 Å². The van der Waals surface area contributed by atoms with E-state index in [0.29, 0.717) is 12.5 Å². The molecule has 76 valence electrons. The predicted octanol–water partition coefficient (Wildman–Crippen LogP) is 1.83. The molecule has 0 amide bonds. The van der Waals surface area contributed by atoms with E-state index < -0.39 is 0 Å². The zero-order valence-electron chi connectivity index (χ0n) is 8.33. The van der Waals surface area contributed by atoms with Crippen LogP contribution in [-0.2, 0) is 6.54 Å². The Balaban J connectivity index is 2.45. The molecular weight excluding hydrogens is 196 g/mol. The molecule has 0 fully saturated rings. The normalized spacial score (nSPS) is 22.1. The third-order valence-electron chi connectivity index (χ3n) is 2.84. The number of hydrogen-bond acceptors (Lipinski definition) is 2.